The summed E-state index contributed by atoms with van der Waals surface area (Å²) in [5, 5.41) is 8.55. The maximum atomic E-state index is 5.32. The maximum absolute atomic E-state index is 5.32. The number of anilines is 1. The van der Waals surface area contributed by atoms with Crippen LogP contribution in [0.1, 0.15) is 50.7 Å². The largest absolute Gasteiger partial charge is 3.00 e. The van der Waals surface area contributed by atoms with E-state index in [1.807, 2.05) is 66.2 Å². The van der Waals surface area contributed by atoms with Crippen molar-refractivity contribution < 1.29 is 20.1 Å². The van der Waals surface area contributed by atoms with Crippen molar-refractivity contribution in [1.29, 1.82) is 0 Å². The van der Waals surface area contributed by atoms with E-state index in [4.69, 9.17) is 4.98 Å². The van der Waals surface area contributed by atoms with Crippen LogP contribution in [0.3, 0.4) is 0 Å². The minimum Gasteiger partial charge on any atom is -0.510 e. The minimum absolute atomic E-state index is 0. The Morgan fingerprint density at radius 2 is 1.38 bits per heavy atom. The fourth-order valence-corrected chi connectivity index (χ4v) is 7.15. The van der Waals surface area contributed by atoms with Crippen LogP contribution in [0.5, 0.6) is 0 Å². The van der Waals surface area contributed by atoms with Gasteiger partial charge in [-0.3, -0.25) is 4.98 Å². The molecule has 0 saturated heterocycles. The number of rotatable bonds is 4. The van der Waals surface area contributed by atoms with E-state index in [9.17, 15) is 0 Å². The summed E-state index contributed by atoms with van der Waals surface area (Å²) >= 11 is 0. The number of imidazole rings is 1. The van der Waals surface area contributed by atoms with Crippen LogP contribution in [0.4, 0.5) is 5.69 Å². The van der Waals surface area contributed by atoms with Gasteiger partial charge >= 0.3 is 20.1 Å². The van der Waals surface area contributed by atoms with E-state index in [1.165, 1.54) is 54.5 Å². The summed E-state index contributed by atoms with van der Waals surface area (Å²) in [6, 6.07) is 45.4. The van der Waals surface area contributed by atoms with Crippen molar-refractivity contribution in [3.05, 3.63) is 158 Å². The molecule has 1 aliphatic rings. The zero-order valence-corrected chi connectivity index (χ0v) is 31.4. The van der Waals surface area contributed by atoms with E-state index in [-0.39, 0.29) is 20.1 Å². The van der Waals surface area contributed by atoms with Crippen LogP contribution < -0.4 is 4.90 Å². The zero-order chi connectivity index (χ0) is 33.6. The number of hydrogen-bond donors (Lipinski definition) is 0. The van der Waals surface area contributed by atoms with Gasteiger partial charge in [-0.1, -0.05) is 93.7 Å². The van der Waals surface area contributed by atoms with Gasteiger partial charge in [-0.15, -0.1) is 35.3 Å². The molecular formula is C45H39IrN4. The van der Waals surface area contributed by atoms with Crippen molar-refractivity contribution in [2.45, 2.75) is 39.5 Å². The first-order valence-electron chi connectivity index (χ1n) is 17.1. The van der Waals surface area contributed by atoms with Gasteiger partial charge in [0.2, 0.25) is 0 Å². The molecule has 5 heteroatoms. The predicted molar refractivity (Wildman–Crippen MR) is 207 cm³/mol. The Morgan fingerprint density at radius 3 is 2.10 bits per heavy atom. The van der Waals surface area contributed by atoms with Crippen molar-refractivity contribution in [3.63, 3.8) is 0 Å². The second-order valence-corrected chi connectivity index (χ2v) is 13.5. The van der Waals surface area contributed by atoms with Crippen LogP contribution in [0, 0.1) is 18.8 Å². The molecule has 0 aliphatic carbocycles. The monoisotopic (exact) mass is 828 g/mol. The Morgan fingerprint density at radius 1 is 0.660 bits per heavy atom. The Labute approximate surface area is 308 Å². The fourth-order valence-electron chi connectivity index (χ4n) is 7.15. The van der Waals surface area contributed by atoms with E-state index < -0.39 is 0 Å². The van der Waals surface area contributed by atoms with Gasteiger partial charge in [0, 0.05) is 17.3 Å². The number of aromatic nitrogens is 2. The molecule has 248 valence electrons. The standard InChI is InChI=1S/C35H29N2.C10H10N2.Ir/c1-21(2)25-14-9-15-26(22(3)4)34(25)32-20-37-33-19-30-24(17-16-23-10-5-6-11-27(23)30)18-31(33)28-12-7-8-13-29(28)35(37)36-32;1-11-7-8-12(9-11)10-5-3-2-4-6-10;/h5-12,14-22H,1-4H3;2-5,7-9H,1H3;/q-1;-2;+3. The molecule has 0 radical (unpaired) electrons. The average molecular weight is 828 g/mol. The summed E-state index contributed by atoms with van der Waals surface area (Å²) in [5.41, 5.74) is 8.23. The molecule has 9 rings (SSSR count). The third-order valence-electron chi connectivity index (χ3n) is 9.57. The molecule has 0 amide bonds. The predicted octanol–water partition coefficient (Wildman–Crippen LogP) is 11.5. The first-order chi connectivity index (χ1) is 23.9. The molecular weight excluding hydrogens is 789 g/mol. The van der Waals surface area contributed by atoms with E-state index >= 15 is 0 Å². The topological polar surface area (TPSA) is 23.8 Å². The molecule has 3 heterocycles. The van der Waals surface area contributed by atoms with Crippen LogP contribution in [0.25, 0.3) is 60.1 Å². The normalized spacial score (nSPS) is 12.9. The SMILES string of the molecule is CC(C)c1cccc(C(C)C)c1-c1cn2c3cc4c(ccc5ccccc54)cc3c3ccc[c-]c3c2n1.CN1C=CN(c2[c-]cccc2)[CH-]1.[Ir+3]. The molecule has 2 aromatic heterocycles. The molecule has 0 atom stereocenters. The number of pyridine rings is 1. The second-order valence-electron chi connectivity index (χ2n) is 13.5. The first-order valence-corrected chi connectivity index (χ1v) is 17.1. The van der Waals surface area contributed by atoms with E-state index in [0.717, 1.165) is 22.4 Å². The summed E-state index contributed by atoms with van der Waals surface area (Å²) in [6.45, 7) is 11.1. The number of nitrogens with zero attached hydrogens (tertiary/aromatic N) is 4. The molecule has 1 aliphatic heterocycles. The molecule has 6 aromatic carbocycles. The van der Waals surface area contributed by atoms with Gasteiger partial charge in [0.25, 0.3) is 0 Å². The average Bonchev–Trinajstić information content (AvgIpc) is 3.78. The van der Waals surface area contributed by atoms with E-state index in [2.05, 4.69) is 129 Å². The van der Waals surface area contributed by atoms with Gasteiger partial charge in [0.15, 0.2) is 0 Å². The molecule has 0 spiro atoms. The Kier molecular flexibility index (Phi) is 9.22. The van der Waals surface area contributed by atoms with E-state index in [1.54, 1.807) is 0 Å². The maximum Gasteiger partial charge on any atom is 3.00 e. The van der Waals surface area contributed by atoms with Crippen molar-refractivity contribution in [1.82, 2.24) is 14.3 Å². The number of hydrogen-bond acceptors (Lipinski definition) is 3. The van der Waals surface area contributed by atoms with Crippen LogP contribution in [0.2, 0.25) is 0 Å². The Balaban J connectivity index is 0.000000255. The molecule has 0 saturated carbocycles. The third-order valence-corrected chi connectivity index (χ3v) is 9.57. The van der Waals surface area contributed by atoms with Crippen molar-refractivity contribution in [3.8, 4) is 11.3 Å². The quantitative estimate of drug-likeness (QED) is 0.100. The molecule has 0 unspecified atom stereocenters. The molecule has 0 bridgehead atoms. The first kappa shape index (κ1) is 33.5. The van der Waals surface area contributed by atoms with Crippen LogP contribution in [0.15, 0.2) is 128 Å². The Bertz CT molecular complexity index is 2490. The molecule has 8 aromatic rings. The second kappa shape index (κ2) is 13.7. The van der Waals surface area contributed by atoms with Gasteiger partial charge in [0.1, 0.15) is 0 Å². The summed E-state index contributed by atoms with van der Waals surface area (Å²) in [5.74, 6) is 0.822. The summed E-state index contributed by atoms with van der Waals surface area (Å²) in [4.78, 5) is 9.35. The van der Waals surface area contributed by atoms with Crippen molar-refractivity contribution in [2.75, 3.05) is 11.9 Å². The number of para-hydroxylation sites is 1. The van der Waals surface area contributed by atoms with Crippen LogP contribution in [-0.2, 0) is 20.1 Å². The molecule has 0 N–H and O–H groups in total. The van der Waals surface area contributed by atoms with Gasteiger partial charge in [-0.05, 0) is 75.4 Å². The summed E-state index contributed by atoms with van der Waals surface area (Å²) in [6.07, 6.45) is 6.26. The van der Waals surface area contributed by atoms with Gasteiger partial charge in [-0.2, -0.15) is 37.0 Å². The zero-order valence-electron chi connectivity index (χ0n) is 29.0. The summed E-state index contributed by atoms with van der Waals surface area (Å²) in [7, 11) is 2.00. The summed E-state index contributed by atoms with van der Waals surface area (Å²) < 4.78 is 2.30. The number of benzene rings is 6. The molecule has 50 heavy (non-hydrogen) atoms. The third kappa shape index (κ3) is 5.95. The van der Waals surface area contributed by atoms with Crippen molar-refractivity contribution >= 4 is 54.6 Å². The molecule has 4 nitrogen and oxygen atoms in total. The molecule has 0 fully saturated rings. The fraction of sp³-hybridized carbons (Fsp3) is 0.156. The van der Waals surface area contributed by atoms with Gasteiger partial charge < -0.3 is 14.2 Å². The smallest absolute Gasteiger partial charge is 0.510 e. The van der Waals surface area contributed by atoms with E-state index in [0.29, 0.717) is 11.8 Å². The van der Waals surface area contributed by atoms with Gasteiger partial charge in [0.05, 0.1) is 11.3 Å². The minimum atomic E-state index is 0. The van der Waals surface area contributed by atoms with Gasteiger partial charge in [-0.25, -0.2) is 0 Å². The van der Waals surface area contributed by atoms with Crippen LogP contribution in [-0.4, -0.2) is 21.3 Å². The number of fused-ring (bicyclic) bond motifs is 9. The Hall–Kier alpha value is -4.96. The van der Waals surface area contributed by atoms with Crippen molar-refractivity contribution in [2.24, 2.45) is 0 Å². The van der Waals surface area contributed by atoms with Crippen LogP contribution >= 0.6 is 0 Å².